The second-order valence-corrected chi connectivity index (χ2v) is 5.77. The van der Waals surface area contributed by atoms with Crippen LogP contribution in [0.3, 0.4) is 0 Å². The van der Waals surface area contributed by atoms with Crippen LogP contribution in [0.15, 0.2) is 39.7 Å². The highest BCUT2D eigenvalue weighted by atomic mass is 19.1. The van der Waals surface area contributed by atoms with Crippen molar-refractivity contribution in [2.24, 2.45) is 5.73 Å². The maximum absolute atomic E-state index is 13.1. The number of halogens is 1. The lowest BCUT2D eigenvalue weighted by Gasteiger charge is -2.13. The summed E-state index contributed by atoms with van der Waals surface area (Å²) in [5.41, 5.74) is 8.92. The van der Waals surface area contributed by atoms with E-state index in [0.29, 0.717) is 28.0 Å². The Kier molecular flexibility index (Phi) is 3.74. The highest BCUT2D eigenvalue weighted by molar-refractivity contribution is 5.83. The van der Waals surface area contributed by atoms with Gasteiger partial charge < -0.3 is 10.2 Å². The maximum atomic E-state index is 13.1. The molecule has 0 saturated carbocycles. The van der Waals surface area contributed by atoms with Gasteiger partial charge in [-0.3, -0.25) is 4.79 Å². The van der Waals surface area contributed by atoms with Crippen molar-refractivity contribution >= 4 is 11.0 Å². The summed E-state index contributed by atoms with van der Waals surface area (Å²) in [6.07, 6.45) is 1.10. The number of rotatable bonds is 2. The van der Waals surface area contributed by atoms with E-state index in [0.717, 1.165) is 17.3 Å². The Bertz CT molecular complexity index is 944. The van der Waals surface area contributed by atoms with Gasteiger partial charge in [-0.1, -0.05) is 6.07 Å². The first-order valence-electron chi connectivity index (χ1n) is 7.34. The first-order valence-corrected chi connectivity index (χ1v) is 7.34. The Labute approximate surface area is 132 Å². The third-order valence-corrected chi connectivity index (χ3v) is 3.84. The van der Waals surface area contributed by atoms with Crippen molar-refractivity contribution in [3.05, 3.63) is 63.2 Å². The van der Waals surface area contributed by atoms with Gasteiger partial charge in [0.25, 0.3) is 0 Å². The average Bonchev–Trinajstić information content (AvgIpc) is 2.51. The lowest BCUT2D eigenvalue weighted by molar-refractivity contribution is 0.597. The van der Waals surface area contributed by atoms with Gasteiger partial charge in [0.2, 0.25) is 0 Å². The molecule has 0 aliphatic rings. The zero-order valence-corrected chi connectivity index (χ0v) is 13.2. The van der Waals surface area contributed by atoms with Crippen LogP contribution in [0.4, 0.5) is 4.39 Å². The van der Waals surface area contributed by atoms with E-state index in [2.05, 4.69) is 4.98 Å². The molecule has 1 aromatic carbocycles. The van der Waals surface area contributed by atoms with E-state index in [4.69, 9.17) is 10.2 Å². The average molecular weight is 312 g/mol. The number of hydrogen-bond acceptors (Lipinski definition) is 4. The molecule has 2 N–H and O–H groups in total. The smallest absolute Gasteiger partial charge is 0.196 e. The van der Waals surface area contributed by atoms with Crippen LogP contribution < -0.4 is 11.2 Å². The largest absolute Gasteiger partial charge is 0.454 e. The van der Waals surface area contributed by atoms with Gasteiger partial charge in [-0.05, 0) is 44.5 Å². The molecule has 0 bridgehead atoms. The molecule has 5 heteroatoms. The summed E-state index contributed by atoms with van der Waals surface area (Å²) in [5.74, 6) is -0.102. The summed E-state index contributed by atoms with van der Waals surface area (Å²) in [5, 5.41) is 0.501. The van der Waals surface area contributed by atoms with E-state index >= 15 is 0 Å². The van der Waals surface area contributed by atoms with Gasteiger partial charge in [0.1, 0.15) is 17.1 Å². The fourth-order valence-electron chi connectivity index (χ4n) is 2.66. The Morgan fingerprint density at radius 3 is 2.61 bits per heavy atom. The fourth-order valence-corrected chi connectivity index (χ4v) is 2.66. The van der Waals surface area contributed by atoms with E-state index in [9.17, 15) is 9.18 Å². The normalized spacial score (nSPS) is 12.6. The monoisotopic (exact) mass is 312 g/mol. The van der Waals surface area contributed by atoms with Crippen LogP contribution in [-0.4, -0.2) is 4.98 Å². The van der Waals surface area contributed by atoms with Crippen LogP contribution in [0.1, 0.15) is 29.7 Å². The molecular weight excluding hydrogens is 295 g/mol. The number of hydrogen-bond donors (Lipinski definition) is 1. The van der Waals surface area contributed by atoms with E-state index in [1.807, 2.05) is 19.9 Å². The van der Waals surface area contributed by atoms with Crippen LogP contribution in [0, 0.1) is 19.7 Å². The second kappa shape index (κ2) is 5.59. The van der Waals surface area contributed by atoms with Crippen LogP contribution >= 0.6 is 0 Å². The lowest BCUT2D eigenvalue weighted by Crippen LogP contribution is -2.12. The summed E-state index contributed by atoms with van der Waals surface area (Å²) in [7, 11) is 0. The molecular formula is C18H17FN2O2. The Hall–Kier alpha value is -2.53. The molecule has 0 spiro atoms. The molecule has 2 aromatic heterocycles. The third-order valence-electron chi connectivity index (χ3n) is 3.84. The minimum Gasteiger partial charge on any atom is -0.454 e. The molecule has 4 nitrogen and oxygen atoms in total. The molecule has 23 heavy (non-hydrogen) atoms. The number of benzene rings is 1. The minimum atomic E-state index is -0.443. The highest BCUT2D eigenvalue weighted by Crippen LogP contribution is 2.29. The maximum Gasteiger partial charge on any atom is 0.196 e. The van der Waals surface area contributed by atoms with Crippen LogP contribution in [0.2, 0.25) is 0 Å². The van der Waals surface area contributed by atoms with E-state index in [-0.39, 0.29) is 11.5 Å². The summed E-state index contributed by atoms with van der Waals surface area (Å²) in [6, 6.07) is 6.20. The Morgan fingerprint density at radius 2 is 2.00 bits per heavy atom. The van der Waals surface area contributed by atoms with Gasteiger partial charge in [-0.25, -0.2) is 9.37 Å². The third kappa shape index (κ3) is 2.64. The first kappa shape index (κ1) is 15.4. The van der Waals surface area contributed by atoms with E-state index in [1.54, 1.807) is 13.0 Å². The molecule has 1 atom stereocenters. The molecule has 118 valence electrons. The number of pyridine rings is 1. The van der Waals surface area contributed by atoms with Gasteiger partial charge in [0, 0.05) is 17.2 Å². The van der Waals surface area contributed by atoms with Crippen molar-refractivity contribution in [2.75, 3.05) is 0 Å². The molecule has 0 fully saturated rings. The number of nitrogens with two attached hydrogens (primary N) is 1. The summed E-state index contributed by atoms with van der Waals surface area (Å²) < 4.78 is 19.1. The number of nitrogens with zero attached hydrogens (tertiary/aromatic N) is 1. The second-order valence-electron chi connectivity index (χ2n) is 5.77. The lowest BCUT2D eigenvalue weighted by atomic mass is 10.00. The fraction of sp³-hybridized carbons (Fsp3) is 0.222. The van der Waals surface area contributed by atoms with Crippen LogP contribution in [0.25, 0.3) is 22.4 Å². The molecule has 2 heterocycles. The van der Waals surface area contributed by atoms with Crippen molar-refractivity contribution < 1.29 is 8.81 Å². The van der Waals surface area contributed by atoms with Crippen molar-refractivity contribution in [1.82, 2.24) is 4.98 Å². The molecule has 3 rings (SSSR count). The number of aryl methyl sites for hydroxylation is 1. The first-order chi connectivity index (χ1) is 10.9. The quantitative estimate of drug-likeness (QED) is 0.784. The van der Waals surface area contributed by atoms with Crippen LogP contribution in [0.5, 0.6) is 0 Å². The van der Waals surface area contributed by atoms with Gasteiger partial charge in [-0.2, -0.15) is 0 Å². The summed E-state index contributed by atoms with van der Waals surface area (Å²) >= 11 is 0. The van der Waals surface area contributed by atoms with Gasteiger partial charge in [0.05, 0.1) is 11.6 Å². The predicted molar refractivity (Wildman–Crippen MR) is 87.7 cm³/mol. The van der Waals surface area contributed by atoms with Crippen molar-refractivity contribution in [1.29, 1.82) is 0 Å². The van der Waals surface area contributed by atoms with Gasteiger partial charge >= 0.3 is 0 Å². The molecule has 0 aliphatic carbocycles. The molecule has 0 aliphatic heterocycles. The van der Waals surface area contributed by atoms with Gasteiger partial charge in [0.15, 0.2) is 11.2 Å². The minimum absolute atomic E-state index is 0.127. The Morgan fingerprint density at radius 1 is 1.26 bits per heavy atom. The molecule has 0 amide bonds. The van der Waals surface area contributed by atoms with Crippen molar-refractivity contribution in [3.8, 4) is 11.5 Å². The summed E-state index contributed by atoms with van der Waals surface area (Å²) in [4.78, 5) is 16.7. The number of fused-ring (bicyclic) bond motifs is 1. The molecule has 0 radical (unpaired) electrons. The zero-order chi connectivity index (χ0) is 16.7. The standard InChI is InChI=1S/C18H17FN2O2/c1-9-6-13(11(3)20)18-14(7-9)16(22)10(2)17(23-18)15-5-4-12(19)8-21-15/h4-8,11H,20H2,1-3H3. The summed E-state index contributed by atoms with van der Waals surface area (Å²) in [6.45, 7) is 5.43. The van der Waals surface area contributed by atoms with Gasteiger partial charge in [-0.15, -0.1) is 0 Å². The molecule has 0 saturated heterocycles. The topological polar surface area (TPSA) is 69.1 Å². The highest BCUT2D eigenvalue weighted by Gasteiger charge is 2.18. The van der Waals surface area contributed by atoms with Crippen molar-refractivity contribution in [3.63, 3.8) is 0 Å². The SMILES string of the molecule is Cc1cc(C(C)N)c2oc(-c3ccc(F)cn3)c(C)c(=O)c2c1. The predicted octanol–water partition coefficient (Wildman–Crippen LogP) is 3.63. The van der Waals surface area contributed by atoms with E-state index < -0.39 is 5.82 Å². The van der Waals surface area contributed by atoms with E-state index in [1.165, 1.54) is 12.1 Å². The van der Waals surface area contributed by atoms with Crippen LogP contribution in [-0.2, 0) is 0 Å². The molecule has 1 unspecified atom stereocenters. The van der Waals surface area contributed by atoms with Crippen molar-refractivity contribution in [2.45, 2.75) is 26.8 Å². The Balaban J connectivity index is 2.39. The molecule has 3 aromatic rings. The zero-order valence-electron chi connectivity index (χ0n) is 13.2. The number of aromatic nitrogens is 1.